The van der Waals surface area contributed by atoms with Gasteiger partial charge in [0, 0.05) is 18.7 Å². The van der Waals surface area contributed by atoms with E-state index in [2.05, 4.69) is 50.5 Å². The lowest BCUT2D eigenvalue weighted by Gasteiger charge is -2.14. The highest BCUT2D eigenvalue weighted by atomic mass is 79.9. The zero-order valence-corrected chi connectivity index (χ0v) is 17.4. The topological polar surface area (TPSA) is 51.2 Å². The zero-order chi connectivity index (χ0) is 20.1. The fraction of sp³-hybridized carbons (Fsp3) is 0.167. The van der Waals surface area contributed by atoms with Gasteiger partial charge in [-0.05, 0) is 56.2 Å². The normalized spacial score (nSPS) is 12.6. The molecule has 0 saturated carbocycles. The number of nitrogens with one attached hydrogen (secondary N) is 1. The summed E-state index contributed by atoms with van der Waals surface area (Å²) in [6, 6.07) is 20.5. The maximum Gasteiger partial charge on any atom is 0.407 e. The monoisotopic (exact) mass is 448 g/mol. The van der Waals surface area contributed by atoms with E-state index >= 15 is 0 Å². The van der Waals surface area contributed by atoms with Crippen LogP contribution in [0.4, 0.5) is 4.79 Å². The number of ether oxygens (including phenoxy) is 1. The van der Waals surface area contributed by atoms with Crippen LogP contribution in [0.25, 0.3) is 17.2 Å². The lowest BCUT2D eigenvalue weighted by molar-refractivity contribution is 0.143. The number of benzene rings is 2. The highest BCUT2D eigenvalue weighted by Gasteiger charge is 2.28. The Bertz CT molecular complexity index is 986. The summed E-state index contributed by atoms with van der Waals surface area (Å²) in [5.41, 5.74) is 5.91. The Morgan fingerprint density at radius 1 is 1.03 bits per heavy atom. The number of carbonyl (C=O) groups excluding carboxylic acids is 1. The highest BCUT2D eigenvalue weighted by molar-refractivity contribution is 9.10. The van der Waals surface area contributed by atoms with Crippen LogP contribution in [0.15, 0.2) is 77.5 Å². The lowest BCUT2D eigenvalue weighted by atomic mass is 9.98. The molecule has 0 unspecified atom stereocenters. The van der Waals surface area contributed by atoms with Crippen molar-refractivity contribution in [3.05, 3.63) is 94.2 Å². The van der Waals surface area contributed by atoms with Crippen LogP contribution in [0.3, 0.4) is 0 Å². The molecule has 1 aliphatic carbocycles. The van der Waals surface area contributed by atoms with Crippen LogP contribution in [0.1, 0.15) is 29.0 Å². The summed E-state index contributed by atoms with van der Waals surface area (Å²) < 4.78 is 6.34. The minimum Gasteiger partial charge on any atom is -0.449 e. The number of alkyl carbamates (subject to hydrolysis) is 1. The van der Waals surface area contributed by atoms with Gasteiger partial charge in [-0.15, -0.1) is 0 Å². The molecule has 1 aliphatic rings. The van der Waals surface area contributed by atoms with E-state index in [0.717, 1.165) is 16.6 Å². The van der Waals surface area contributed by atoms with Crippen LogP contribution in [0, 0.1) is 0 Å². The van der Waals surface area contributed by atoms with E-state index in [-0.39, 0.29) is 12.0 Å². The van der Waals surface area contributed by atoms with E-state index in [9.17, 15) is 4.79 Å². The molecule has 4 nitrogen and oxygen atoms in total. The molecule has 0 fully saturated rings. The molecule has 0 bridgehead atoms. The Morgan fingerprint density at radius 2 is 1.72 bits per heavy atom. The van der Waals surface area contributed by atoms with Gasteiger partial charge in [0.15, 0.2) is 0 Å². The molecule has 2 aromatic carbocycles. The third-order valence-corrected chi connectivity index (χ3v) is 5.45. The van der Waals surface area contributed by atoms with Crippen LogP contribution in [0.2, 0.25) is 0 Å². The van der Waals surface area contributed by atoms with Crippen molar-refractivity contribution in [2.45, 2.75) is 12.3 Å². The predicted octanol–water partition coefficient (Wildman–Crippen LogP) is 5.79. The van der Waals surface area contributed by atoms with Gasteiger partial charge in [-0.25, -0.2) is 9.78 Å². The second kappa shape index (κ2) is 9.05. The summed E-state index contributed by atoms with van der Waals surface area (Å²) in [6.07, 6.45) is 6.12. The molecule has 1 aromatic heterocycles. The molecular weight excluding hydrogens is 428 g/mol. The lowest BCUT2D eigenvalue weighted by Crippen LogP contribution is -2.26. The van der Waals surface area contributed by atoms with Crippen molar-refractivity contribution in [3.63, 3.8) is 0 Å². The molecule has 0 atom stereocenters. The number of halogens is 1. The third-order valence-electron chi connectivity index (χ3n) is 4.98. The maximum absolute atomic E-state index is 12.1. The fourth-order valence-corrected chi connectivity index (χ4v) is 3.85. The Morgan fingerprint density at radius 3 is 2.38 bits per heavy atom. The SMILES string of the molecule is O=C(NCCC=Cc1ccc(Br)nc1)OCC1c2ccccc2-c2ccccc21. The summed E-state index contributed by atoms with van der Waals surface area (Å²) in [7, 11) is 0. The van der Waals surface area contributed by atoms with Crippen molar-refractivity contribution in [1.29, 1.82) is 0 Å². The van der Waals surface area contributed by atoms with Gasteiger partial charge in [-0.3, -0.25) is 0 Å². The minimum atomic E-state index is -0.384. The minimum absolute atomic E-state index is 0.0814. The largest absolute Gasteiger partial charge is 0.449 e. The first kappa shape index (κ1) is 19.4. The average Bonchev–Trinajstić information content (AvgIpc) is 3.07. The van der Waals surface area contributed by atoms with Crippen LogP contribution < -0.4 is 5.32 Å². The maximum atomic E-state index is 12.1. The molecule has 4 rings (SSSR count). The molecular formula is C24H21BrN2O2. The van der Waals surface area contributed by atoms with Crippen LogP contribution in [0.5, 0.6) is 0 Å². The van der Waals surface area contributed by atoms with Gasteiger partial charge in [0.1, 0.15) is 11.2 Å². The van der Waals surface area contributed by atoms with E-state index in [1.165, 1.54) is 22.3 Å². The van der Waals surface area contributed by atoms with Crippen LogP contribution in [-0.2, 0) is 4.74 Å². The summed E-state index contributed by atoms with van der Waals surface area (Å²) >= 11 is 3.31. The Hall–Kier alpha value is -2.92. The molecule has 146 valence electrons. The quantitative estimate of drug-likeness (QED) is 0.383. The van der Waals surface area contributed by atoms with Gasteiger partial charge >= 0.3 is 6.09 Å². The molecule has 1 heterocycles. The number of nitrogens with zero attached hydrogens (tertiary/aromatic N) is 1. The van der Waals surface area contributed by atoms with Gasteiger partial charge in [-0.2, -0.15) is 0 Å². The molecule has 5 heteroatoms. The van der Waals surface area contributed by atoms with Gasteiger partial charge in [0.05, 0.1) is 0 Å². The zero-order valence-electron chi connectivity index (χ0n) is 15.8. The Balaban J connectivity index is 1.27. The standard InChI is InChI=1S/C24H21BrN2O2/c25-23-13-12-17(15-27-23)7-5-6-14-26-24(28)29-16-22-20-10-3-1-8-18(20)19-9-2-4-11-21(19)22/h1-5,7-13,15,22H,6,14,16H2,(H,26,28). The Labute approximate surface area is 178 Å². The molecule has 3 aromatic rings. The fourth-order valence-electron chi connectivity index (χ4n) is 3.61. The van der Waals surface area contributed by atoms with E-state index in [1.807, 2.05) is 48.6 Å². The first-order valence-electron chi connectivity index (χ1n) is 9.59. The van der Waals surface area contributed by atoms with Gasteiger partial charge < -0.3 is 10.1 Å². The Kier molecular flexibility index (Phi) is 6.06. The molecule has 0 radical (unpaired) electrons. The number of rotatable bonds is 6. The summed E-state index contributed by atoms with van der Waals surface area (Å²) in [5.74, 6) is 0.0814. The third kappa shape index (κ3) is 4.57. The van der Waals surface area contributed by atoms with Crippen LogP contribution in [-0.4, -0.2) is 24.2 Å². The number of hydrogen-bond donors (Lipinski definition) is 1. The van der Waals surface area contributed by atoms with Crippen molar-refractivity contribution < 1.29 is 9.53 Å². The van der Waals surface area contributed by atoms with Gasteiger partial charge in [-0.1, -0.05) is 66.7 Å². The molecule has 0 aliphatic heterocycles. The second-order valence-corrected chi connectivity index (χ2v) is 7.67. The smallest absolute Gasteiger partial charge is 0.407 e. The first-order chi connectivity index (χ1) is 14.2. The van der Waals surface area contributed by atoms with E-state index in [1.54, 1.807) is 6.20 Å². The number of carbonyl (C=O) groups is 1. The van der Waals surface area contributed by atoms with E-state index in [0.29, 0.717) is 13.2 Å². The van der Waals surface area contributed by atoms with E-state index < -0.39 is 0 Å². The summed E-state index contributed by atoms with van der Waals surface area (Å²) in [4.78, 5) is 16.3. The number of fused-ring (bicyclic) bond motifs is 3. The van der Waals surface area contributed by atoms with Crippen molar-refractivity contribution >= 4 is 28.1 Å². The number of pyridine rings is 1. The van der Waals surface area contributed by atoms with Gasteiger partial charge in [0.2, 0.25) is 0 Å². The van der Waals surface area contributed by atoms with Crippen molar-refractivity contribution in [2.75, 3.05) is 13.2 Å². The summed E-state index contributed by atoms with van der Waals surface area (Å²) in [5, 5.41) is 2.81. The molecule has 1 N–H and O–H groups in total. The number of amides is 1. The molecule has 0 spiro atoms. The molecule has 0 saturated heterocycles. The number of aromatic nitrogens is 1. The van der Waals surface area contributed by atoms with E-state index in [4.69, 9.17) is 4.74 Å². The van der Waals surface area contributed by atoms with Crippen molar-refractivity contribution in [2.24, 2.45) is 0 Å². The first-order valence-corrected chi connectivity index (χ1v) is 10.4. The van der Waals surface area contributed by atoms with Crippen molar-refractivity contribution in [3.8, 4) is 11.1 Å². The van der Waals surface area contributed by atoms with Crippen LogP contribution >= 0.6 is 15.9 Å². The average molecular weight is 449 g/mol. The molecule has 29 heavy (non-hydrogen) atoms. The highest BCUT2D eigenvalue weighted by Crippen LogP contribution is 2.44. The molecule has 1 amide bonds. The second-order valence-electron chi connectivity index (χ2n) is 6.86. The number of hydrogen-bond acceptors (Lipinski definition) is 3. The summed E-state index contributed by atoms with van der Waals surface area (Å²) in [6.45, 7) is 0.859. The van der Waals surface area contributed by atoms with Crippen molar-refractivity contribution in [1.82, 2.24) is 10.3 Å². The predicted molar refractivity (Wildman–Crippen MR) is 119 cm³/mol. The van der Waals surface area contributed by atoms with Gasteiger partial charge in [0.25, 0.3) is 0 Å².